The van der Waals surface area contributed by atoms with Crippen molar-refractivity contribution in [1.29, 1.82) is 0 Å². The van der Waals surface area contributed by atoms with Gasteiger partial charge >= 0.3 is 0 Å². The van der Waals surface area contributed by atoms with Gasteiger partial charge in [-0.25, -0.2) is 0 Å². The molecule has 21 heavy (non-hydrogen) atoms. The topological polar surface area (TPSA) is 38.8 Å². The molecule has 0 aromatic heterocycles. The van der Waals surface area contributed by atoms with Crippen LogP contribution in [0, 0.1) is 5.92 Å². The molecule has 2 aliphatic carbocycles. The van der Waals surface area contributed by atoms with Crippen molar-refractivity contribution in [2.45, 2.75) is 63.2 Å². The summed E-state index contributed by atoms with van der Waals surface area (Å²) in [5.74, 6) is 0.628. The van der Waals surface area contributed by atoms with Crippen LogP contribution in [0.2, 0.25) is 0 Å². The van der Waals surface area contributed by atoms with Gasteiger partial charge in [-0.2, -0.15) is 0 Å². The molecule has 2 saturated carbocycles. The van der Waals surface area contributed by atoms with Crippen LogP contribution in [0.4, 0.5) is 0 Å². The van der Waals surface area contributed by atoms with Gasteiger partial charge in [0.25, 0.3) is 0 Å². The minimum Gasteiger partial charge on any atom is -0.372 e. The van der Waals surface area contributed by atoms with E-state index in [1.807, 2.05) is 0 Å². The summed E-state index contributed by atoms with van der Waals surface area (Å²) in [5.41, 5.74) is 0. The van der Waals surface area contributed by atoms with Crippen LogP contribution >= 0.6 is 0 Å². The Hall–Kier alpha value is -0.870. The Morgan fingerprint density at radius 3 is 2.81 bits per heavy atom. The fourth-order valence-corrected chi connectivity index (χ4v) is 4.14. The van der Waals surface area contributed by atoms with Gasteiger partial charge in [0.2, 0.25) is 5.91 Å². The second-order valence-corrected chi connectivity index (χ2v) is 6.51. The van der Waals surface area contributed by atoms with Crippen LogP contribution in [0.3, 0.4) is 0 Å². The van der Waals surface area contributed by atoms with E-state index in [0.717, 1.165) is 32.2 Å². The maximum atomic E-state index is 12.8. The Morgan fingerprint density at radius 2 is 2.05 bits per heavy atom. The van der Waals surface area contributed by atoms with Crippen molar-refractivity contribution < 1.29 is 14.3 Å². The average molecular weight is 293 g/mol. The van der Waals surface area contributed by atoms with Gasteiger partial charge in [-0.3, -0.25) is 4.79 Å². The zero-order valence-electron chi connectivity index (χ0n) is 12.8. The number of fused-ring (bicyclic) bond motifs is 1. The van der Waals surface area contributed by atoms with Crippen LogP contribution in [0.5, 0.6) is 0 Å². The normalized spacial score (nSPS) is 33.7. The third kappa shape index (κ3) is 3.16. The molecule has 0 bridgehead atoms. The highest BCUT2D eigenvalue weighted by molar-refractivity contribution is 5.79. The van der Waals surface area contributed by atoms with Crippen molar-refractivity contribution in [1.82, 2.24) is 4.90 Å². The lowest BCUT2D eigenvalue weighted by Crippen LogP contribution is -2.55. The molecule has 1 aliphatic heterocycles. The van der Waals surface area contributed by atoms with Gasteiger partial charge in [0.1, 0.15) is 6.10 Å². The smallest absolute Gasteiger partial charge is 0.226 e. The summed E-state index contributed by atoms with van der Waals surface area (Å²) in [7, 11) is 0. The predicted octanol–water partition coefficient (Wildman–Crippen LogP) is 2.53. The van der Waals surface area contributed by atoms with E-state index in [9.17, 15) is 4.79 Å². The molecular weight excluding hydrogens is 266 g/mol. The van der Waals surface area contributed by atoms with Crippen LogP contribution < -0.4 is 0 Å². The molecule has 0 radical (unpaired) electrons. The van der Waals surface area contributed by atoms with Crippen LogP contribution in [0.1, 0.15) is 44.9 Å². The molecule has 3 rings (SSSR count). The number of amides is 1. The minimum atomic E-state index is 0.0613. The summed E-state index contributed by atoms with van der Waals surface area (Å²) in [6, 6.07) is 0.225. The van der Waals surface area contributed by atoms with Crippen molar-refractivity contribution in [3.63, 3.8) is 0 Å². The van der Waals surface area contributed by atoms with Crippen molar-refractivity contribution >= 4 is 5.91 Å². The number of ether oxygens (including phenoxy) is 2. The Kier molecular flexibility index (Phi) is 4.96. The molecule has 1 saturated heterocycles. The van der Waals surface area contributed by atoms with Gasteiger partial charge in [0.15, 0.2) is 0 Å². The zero-order valence-corrected chi connectivity index (χ0v) is 12.8. The summed E-state index contributed by atoms with van der Waals surface area (Å²) >= 11 is 0. The van der Waals surface area contributed by atoms with E-state index in [2.05, 4.69) is 11.5 Å². The molecule has 3 aliphatic rings. The SMILES string of the molecule is C=CCO[C@@H]1CC[C@@H]2[C@@H]1OCCN2C(=O)C1CCCCC1. The predicted molar refractivity (Wildman–Crippen MR) is 81.0 cm³/mol. The summed E-state index contributed by atoms with van der Waals surface area (Å²) in [5, 5.41) is 0. The van der Waals surface area contributed by atoms with Crippen molar-refractivity contribution in [3.8, 4) is 0 Å². The van der Waals surface area contributed by atoms with Crippen LogP contribution in [0.25, 0.3) is 0 Å². The number of hydrogen-bond donors (Lipinski definition) is 0. The lowest BCUT2D eigenvalue weighted by Gasteiger charge is -2.41. The quantitative estimate of drug-likeness (QED) is 0.748. The van der Waals surface area contributed by atoms with E-state index in [1.165, 1.54) is 19.3 Å². The Bertz CT molecular complexity index is 378. The summed E-state index contributed by atoms with van der Waals surface area (Å²) < 4.78 is 11.7. The second-order valence-electron chi connectivity index (χ2n) is 6.51. The Morgan fingerprint density at radius 1 is 1.24 bits per heavy atom. The van der Waals surface area contributed by atoms with Crippen molar-refractivity contribution in [2.24, 2.45) is 5.92 Å². The molecule has 0 N–H and O–H groups in total. The fraction of sp³-hybridized carbons (Fsp3) is 0.824. The van der Waals surface area contributed by atoms with E-state index in [-0.39, 0.29) is 24.2 Å². The third-order valence-corrected chi connectivity index (χ3v) is 5.20. The second kappa shape index (κ2) is 6.93. The molecule has 1 heterocycles. The van der Waals surface area contributed by atoms with Gasteiger partial charge in [-0.1, -0.05) is 25.3 Å². The first-order valence-electron chi connectivity index (χ1n) is 8.46. The fourth-order valence-electron chi connectivity index (χ4n) is 4.14. The maximum absolute atomic E-state index is 12.8. The number of nitrogens with zero attached hydrogens (tertiary/aromatic N) is 1. The lowest BCUT2D eigenvalue weighted by atomic mass is 9.87. The first kappa shape index (κ1) is 15.0. The third-order valence-electron chi connectivity index (χ3n) is 5.20. The van der Waals surface area contributed by atoms with Gasteiger partial charge in [-0.05, 0) is 25.7 Å². The van der Waals surface area contributed by atoms with Crippen molar-refractivity contribution in [3.05, 3.63) is 12.7 Å². The highest BCUT2D eigenvalue weighted by Crippen LogP contribution is 2.34. The molecule has 0 aromatic carbocycles. The van der Waals surface area contributed by atoms with E-state index >= 15 is 0 Å². The molecule has 3 fully saturated rings. The average Bonchev–Trinajstić information content (AvgIpc) is 2.96. The first-order chi connectivity index (χ1) is 10.3. The van der Waals surface area contributed by atoms with E-state index in [0.29, 0.717) is 19.1 Å². The number of hydrogen-bond acceptors (Lipinski definition) is 3. The summed E-state index contributed by atoms with van der Waals surface area (Å²) in [4.78, 5) is 14.9. The van der Waals surface area contributed by atoms with Crippen LogP contribution in [-0.2, 0) is 14.3 Å². The van der Waals surface area contributed by atoms with E-state index in [1.54, 1.807) is 6.08 Å². The monoisotopic (exact) mass is 293 g/mol. The molecular formula is C17H27NO3. The number of carbonyl (C=O) groups excluding carboxylic acids is 1. The standard InChI is InChI=1S/C17H27NO3/c1-2-11-20-15-9-8-14-16(15)21-12-10-18(14)17(19)13-6-4-3-5-7-13/h2,13-16H,1,3-12H2/t14-,15-,16+/m1/s1. The number of rotatable bonds is 4. The highest BCUT2D eigenvalue weighted by atomic mass is 16.5. The Balaban J connectivity index is 1.63. The minimum absolute atomic E-state index is 0.0613. The summed E-state index contributed by atoms with van der Waals surface area (Å²) in [6.07, 6.45) is 9.80. The van der Waals surface area contributed by atoms with Gasteiger partial charge < -0.3 is 14.4 Å². The molecule has 1 amide bonds. The molecule has 3 atom stereocenters. The zero-order chi connectivity index (χ0) is 14.7. The highest BCUT2D eigenvalue weighted by Gasteiger charge is 2.45. The number of carbonyl (C=O) groups is 1. The van der Waals surface area contributed by atoms with E-state index < -0.39 is 0 Å². The first-order valence-corrected chi connectivity index (χ1v) is 8.46. The maximum Gasteiger partial charge on any atom is 0.226 e. The van der Waals surface area contributed by atoms with Gasteiger partial charge in [-0.15, -0.1) is 6.58 Å². The van der Waals surface area contributed by atoms with Crippen molar-refractivity contribution in [2.75, 3.05) is 19.8 Å². The number of morpholine rings is 1. The van der Waals surface area contributed by atoms with Gasteiger partial charge in [0, 0.05) is 12.5 Å². The summed E-state index contributed by atoms with van der Waals surface area (Å²) in [6.45, 7) is 5.66. The van der Waals surface area contributed by atoms with Crippen LogP contribution in [-0.4, -0.2) is 48.8 Å². The lowest BCUT2D eigenvalue weighted by molar-refractivity contribution is -0.155. The van der Waals surface area contributed by atoms with Gasteiger partial charge in [0.05, 0.1) is 25.4 Å². The largest absolute Gasteiger partial charge is 0.372 e. The molecule has 4 heteroatoms. The van der Waals surface area contributed by atoms with Crippen LogP contribution in [0.15, 0.2) is 12.7 Å². The molecule has 4 nitrogen and oxygen atoms in total. The molecule has 118 valence electrons. The van der Waals surface area contributed by atoms with E-state index in [4.69, 9.17) is 9.47 Å². The Labute approximate surface area is 127 Å². The molecule has 0 aromatic rings. The molecule has 0 spiro atoms. The molecule has 0 unspecified atom stereocenters.